The Morgan fingerprint density at radius 1 is 1.03 bits per heavy atom. The Balaban J connectivity index is 1.59. The van der Waals surface area contributed by atoms with Gasteiger partial charge in [0.05, 0.1) is 40.0 Å². The summed E-state index contributed by atoms with van der Waals surface area (Å²) >= 11 is 15.8. The van der Waals surface area contributed by atoms with Crippen molar-refractivity contribution in [3.8, 4) is 11.5 Å². The van der Waals surface area contributed by atoms with Crippen LogP contribution in [0.5, 0.6) is 11.5 Å². The van der Waals surface area contributed by atoms with Crippen LogP contribution in [0.2, 0.25) is 10.0 Å². The van der Waals surface area contributed by atoms with Crippen molar-refractivity contribution in [2.75, 3.05) is 14.2 Å². The summed E-state index contributed by atoms with van der Waals surface area (Å²) in [6, 6.07) is 16.3. The molecule has 0 radical (unpaired) electrons. The molecule has 1 aliphatic carbocycles. The normalized spacial score (nSPS) is 16.2. The number of halogens is 3. The number of rotatable bonds is 6. The summed E-state index contributed by atoms with van der Waals surface area (Å²) in [5, 5.41) is 4.18. The molecular weight excluding hydrogens is 593 g/mol. The molecule has 0 unspecified atom stereocenters. The lowest BCUT2D eigenvalue weighted by Crippen LogP contribution is -2.29. The first-order valence-corrected chi connectivity index (χ1v) is 13.2. The van der Waals surface area contributed by atoms with E-state index in [4.69, 9.17) is 37.4 Å². The molecule has 3 aromatic rings. The van der Waals surface area contributed by atoms with Gasteiger partial charge >= 0.3 is 5.97 Å². The minimum absolute atomic E-state index is 0.142. The molecule has 2 aliphatic rings. The number of Topliss-reactive ketones (excluding diaryl/α,β-unsaturated/α-hetero) is 1. The third-order valence-electron chi connectivity index (χ3n) is 6.61. The molecule has 9 heteroatoms. The van der Waals surface area contributed by atoms with Crippen LogP contribution in [0.25, 0.3) is 5.70 Å². The van der Waals surface area contributed by atoms with Crippen LogP contribution in [0.15, 0.2) is 75.9 Å². The highest BCUT2D eigenvalue weighted by Gasteiger charge is 2.43. The molecule has 0 aromatic heterocycles. The number of ether oxygens (including phenoxy) is 3. The Hall–Kier alpha value is -3.26. The minimum atomic E-state index is -0.687. The average Bonchev–Trinajstić information content (AvgIpc) is 3.19. The molecule has 5 rings (SSSR count). The van der Waals surface area contributed by atoms with Crippen LogP contribution in [-0.4, -0.2) is 26.0 Å². The predicted octanol–water partition coefficient (Wildman–Crippen LogP) is 7.08. The van der Waals surface area contributed by atoms with E-state index in [0.29, 0.717) is 59.7 Å². The summed E-state index contributed by atoms with van der Waals surface area (Å²) in [6.07, 6.45) is 0. The first kappa shape index (κ1) is 26.4. The lowest BCUT2D eigenvalue weighted by molar-refractivity contribution is -0.136. The lowest BCUT2D eigenvalue weighted by atomic mass is 9.79. The van der Waals surface area contributed by atoms with E-state index in [1.54, 1.807) is 31.2 Å². The van der Waals surface area contributed by atoms with Crippen molar-refractivity contribution in [2.24, 2.45) is 0 Å². The third-order valence-corrected chi connectivity index (χ3v) is 7.93. The summed E-state index contributed by atoms with van der Waals surface area (Å²) in [7, 11) is 2.86. The molecular formula is C29H22BrCl2NO5. The quantitative estimate of drug-likeness (QED) is 0.299. The molecule has 38 heavy (non-hydrogen) atoms. The number of hydrogen-bond acceptors (Lipinski definition) is 6. The average molecular weight is 615 g/mol. The number of hydrogen-bond donors (Lipinski definition) is 1. The van der Waals surface area contributed by atoms with Crippen molar-refractivity contribution in [1.29, 1.82) is 0 Å². The van der Waals surface area contributed by atoms with Crippen molar-refractivity contribution in [2.45, 2.75) is 19.4 Å². The standard InChI is InChI=1S/C29H22BrCl2NO5/c1-14-23(29(35)37-3)24(25-26(33-14)17-6-4-5-7-18(17)27(25)34)16-11-19(30)28(22(12-16)36-2)38-13-15-8-9-20(31)21(32)10-15/h4-12,24,33H,13H2,1-3H3/t24-/m1/s1. The second-order valence-electron chi connectivity index (χ2n) is 8.82. The molecule has 0 bridgehead atoms. The highest BCUT2D eigenvalue weighted by Crippen LogP contribution is 2.49. The summed E-state index contributed by atoms with van der Waals surface area (Å²) < 4.78 is 17.5. The van der Waals surface area contributed by atoms with E-state index in [1.807, 2.05) is 30.3 Å². The predicted molar refractivity (Wildman–Crippen MR) is 150 cm³/mol. The molecule has 0 spiro atoms. The van der Waals surface area contributed by atoms with E-state index in [9.17, 15) is 9.59 Å². The van der Waals surface area contributed by atoms with Gasteiger partial charge in [-0.15, -0.1) is 0 Å². The summed E-state index contributed by atoms with van der Waals surface area (Å²) in [6.45, 7) is 2.02. The van der Waals surface area contributed by atoms with Gasteiger partial charge in [-0.2, -0.15) is 0 Å². The summed E-state index contributed by atoms with van der Waals surface area (Å²) in [5.41, 5.74) is 5.02. The summed E-state index contributed by atoms with van der Waals surface area (Å²) in [4.78, 5) is 26.6. The van der Waals surface area contributed by atoms with E-state index in [2.05, 4.69) is 21.2 Å². The Morgan fingerprint density at radius 2 is 1.76 bits per heavy atom. The van der Waals surface area contributed by atoms with Gasteiger partial charge in [-0.3, -0.25) is 4.79 Å². The number of carbonyl (C=O) groups excluding carboxylic acids is 2. The smallest absolute Gasteiger partial charge is 0.336 e. The van der Waals surface area contributed by atoms with Gasteiger partial charge in [-0.1, -0.05) is 53.5 Å². The molecule has 0 fully saturated rings. The zero-order valence-corrected chi connectivity index (χ0v) is 23.8. The van der Waals surface area contributed by atoms with Gasteiger partial charge in [0.25, 0.3) is 0 Å². The first-order valence-electron chi connectivity index (χ1n) is 11.6. The van der Waals surface area contributed by atoms with E-state index in [1.165, 1.54) is 14.2 Å². The number of ketones is 1. The van der Waals surface area contributed by atoms with Gasteiger partial charge in [0.15, 0.2) is 17.3 Å². The molecule has 0 amide bonds. The van der Waals surface area contributed by atoms with Gasteiger partial charge in [-0.05, 0) is 58.2 Å². The van der Waals surface area contributed by atoms with Crippen molar-refractivity contribution in [3.63, 3.8) is 0 Å². The number of carbonyl (C=O) groups is 2. The highest BCUT2D eigenvalue weighted by atomic mass is 79.9. The number of dihydropyridines is 1. The van der Waals surface area contributed by atoms with Crippen LogP contribution in [0.4, 0.5) is 0 Å². The van der Waals surface area contributed by atoms with Crippen LogP contribution < -0.4 is 14.8 Å². The van der Waals surface area contributed by atoms with Crippen LogP contribution in [0.1, 0.15) is 39.9 Å². The zero-order chi connectivity index (χ0) is 27.1. The Morgan fingerprint density at radius 3 is 2.45 bits per heavy atom. The number of fused-ring (bicyclic) bond motifs is 2. The second kappa shape index (κ2) is 10.5. The molecule has 3 aromatic carbocycles. The molecule has 0 saturated carbocycles. The van der Waals surface area contributed by atoms with Crippen molar-refractivity contribution < 1.29 is 23.8 Å². The minimum Gasteiger partial charge on any atom is -0.493 e. The van der Waals surface area contributed by atoms with Crippen molar-refractivity contribution in [1.82, 2.24) is 5.32 Å². The Labute approximate surface area is 238 Å². The Bertz CT molecular complexity index is 1560. The van der Waals surface area contributed by atoms with Crippen LogP contribution in [-0.2, 0) is 16.1 Å². The van der Waals surface area contributed by atoms with E-state index >= 15 is 0 Å². The monoisotopic (exact) mass is 613 g/mol. The van der Waals surface area contributed by atoms with Gasteiger partial charge in [-0.25, -0.2) is 4.79 Å². The van der Waals surface area contributed by atoms with E-state index in [-0.39, 0.29) is 12.4 Å². The maximum Gasteiger partial charge on any atom is 0.336 e. The summed E-state index contributed by atoms with van der Waals surface area (Å²) in [5.74, 6) is -0.456. The van der Waals surface area contributed by atoms with Crippen LogP contribution in [0, 0.1) is 0 Å². The van der Waals surface area contributed by atoms with E-state index < -0.39 is 11.9 Å². The maximum atomic E-state index is 13.6. The molecule has 194 valence electrons. The fraction of sp³-hybridized carbons (Fsp3) is 0.172. The SMILES string of the molecule is COC(=O)C1=C(C)NC2=C(C(=O)c3ccccc32)[C@@H]1c1cc(Br)c(OCc2ccc(Cl)c(Cl)c2)c(OC)c1. The van der Waals surface area contributed by atoms with Gasteiger partial charge in [0.1, 0.15) is 6.61 Å². The van der Waals surface area contributed by atoms with Crippen molar-refractivity contribution in [3.05, 3.63) is 108 Å². The molecule has 6 nitrogen and oxygen atoms in total. The fourth-order valence-electron chi connectivity index (χ4n) is 4.87. The molecule has 0 saturated heterocycles. The maximum absolute atomic E-state index is 13.6. The van der Waals surface area contributed by atoms with Crippen LogP contribution in [0.3, 0.4) is 0 Å². The number of benzene rings is 3. The lowest BCUT2D eigenvalue weighted by Gasteiger charge is -2.29. The fourth-order valence-corrected chi connectivity index (χ4v) is 5.77. The second-order valence-corrected chi connectivity index (χ2v) is 10.5. The zero-order valence-electron chi connectivity index (χ0n) is 20.7. The van der Waals surface area contributed by atoms with E-state index in [0.717, 1.165) is 11.1 Å². The molecule has 1 N–H and O–H groups in total. The number of nitrogens with one attached hydrogen (secondary N) is 1. The molecule has 1 atom stereocenters. The number of methoxy groups -OCH3 is 2. The van der Waals surface area contributed by atoms with Gasteiger partial charge < -0.3 is 19.5 Å². The number of allylic oxidation sites excluding steroid dienone is 2. The van der Waals surface area contributed by atoms with Crippen molar-refractivity contribution >= 4 is 56.6 Å². The topological polar surface area (TPSA) is 73.9 Å². The highest BCUT2D eigenvalue weighted by molar-refractivity contribution is 9.10. The first-order chi connectivity index (χ1) is 18.2. The molecule has 1 aliphatic heterocycles. The Kier molecular flexibility index (Phi) is 7.27. The largest absolute Gasteiger partial charge is 0.493 e. The van der Waals surface area contributed by atoms with Gasteiger partial charge in [0.2, 0.25) is 0 Å². The van der Waals surface area contributed by atoms with Crippen LogP contribution >= 0.6 is 39.1 Å². The third kappa shape index (κ3) is 4.49. The number of esters is 1. The molecule has 1 heterocycles. The van der Waals surface area contributed by atoms with Gasteiger partial charge in [0, 0.05) is 28.3 Å².